The molecule has 4 aromatic rings. The first-order valence-corrected chi connectivity index (χ1v) is 8.51. The van der Waals surface area contributed by atoms with Crippen molar-refractivity contribution in [3.8, 4) is 11.3 Å². The Balaban J connectivity index is 1.81. The highest BCUT2D eigenvalue weighted by molar-refractivity contribution is 5.88. The van der Waals surface area contributed by atoms with Crippen LogP contribution in [0.5, 0.6) is 0 Å². The highest BCUT2D eigenvalue weighted by Crippen LogP contribution is 2.31. The number of aromatic nitrogens is 5. The number of hydrogen-bond acceptors (Lipinski definition) is 6. The van der Waals surface area contributed by atoms with E-state index in [1.165, 1.54) is 35.1 Å². The fourth-order valence-corrected chi connectivity index (χ4v) is 2.90. The van der Waals surface area contributed by atoms with Gasteiger partial charge in [0.1, 0.15) is 0 Å². The van der Waals surface area contributed by atoms with Gasteiger partial charge in [0, 0.05) is 36.0 Å². The molecule has 0 saturated carbocycles. The van der Waals surface area contributed by atoms with Crippen molar-refractivity contribution < 1.29 is 13.6 Å². The van der Waals surface area contributed by atoms with Crippen LogP contribution in [0, 0.1) is 0 Å². The van der Waals surface area contributed by atoms with Gasteiger partial charge in [0.15, 0.2) is 5.49 Å². The number of carbonyl (C=O) groups is 1. The maximum Gasteiger partial charge on any atom is 0.352 e. The number of nitrogens with zero attached hydrogens (tertiary/aromatic N) is 6. The average Bonchev–Trinajstić information content (AvgIpc) is 3.18. The summed E-state index contributed by atoms with van der Waals surface area (Å²) in [5.74, 6) is -0.160. The van der Waals surface area contributed by atoms with E-state index >= 15 is 8.78 Å². The summed E-state index contributed by atoms with van der Waals surface area (Å²) in [5.41, 5.74) is 0.688. The smallest absolute Gasteiger partial charge is 0.321 e. The van der Waals surface area contributed by atoms with E-state index in [9.17, 15) is 4.79 Å². The summed E-state index contributed by atoms with van der Waals surface area (Å²) in [5, 5.41) is 11.9. The number of carbonyl (C=O) groups excluding carboxylic acids is 1. The first-order chi connectivity index (χ1) is 13.9. The average molecular weight is 395 g/mol. The van der Waals surface area contributed by atoms with Gasteiger partial charge < -0.3 is 5.84 Å². The number of halogens is 2. The number of fused-ring (bicyclic) bond motifs is 1. The number of aryl methyl sites for hydroxylation is 1. The van der Waals surface area contributed by atoms with Gasteiger partial charge in [-0.25, -0.2) is 0 Å². The molecule has 0 atom stereocenters. The molecule has 0 fully saturated rings. The first-order valence-electron chi connectivity index (χ1n) is 8.51. The van der Waals surface area contributed by atoms with Crippen LogP contribution in [0.25, 0.3) is 22.2 Å². The molecule has 146 valence electrons. The minimum atomic E-state index is -3.87. The molecule has 0 aliphatic rings. The topological polar surface area (TPSA) is 104 Å². The van der Waals surface area contributed by atoms with Crippen molar-refractivity contribution in [2.24, 2.45) is 18.0 Å². The first kappa shape index (κ1) is 18.4. The summed E-state index contributed by atoms with van der Waals surface area (Å²) < 4.78 is 32.2. The molecule has 0 radical (unpaired) electrons. The standard InChI is InChI=1S/C19H15F2N7O/c1-27-11-13(10-24-27)16-6-7-17(25-22)28(26-16)18(29)19(20,21)14-4-5-15-12(9-14)3-2-8-23-15/h2-11H,22H2,1H3. The summed E-state index contributed by atoms with van der Waals surface area (Å²) in [7, 11) is 1.70. The Labute approximate surface area is 162 Å². The van der Waals surface area contributed by atoms with Crippen molar-refractivity contribution >= 4 is 16.8 Å². The summed E-state index contributed by atoms with van der Waals surface area (Å²) in [6, 6.07) is 9.96. The third-order valence-electron chi connectivity index (χ3n) is 4.37. The van der Waals surface area contributed by atoms with Crippen LogP contribution in [0.4, 0.5) is 8.78 Å². The molecular formula is C19H15F2N7O. The molecule has 2 N–H and O–H groups in total. The van der Waals surface area contributed by atoms with Crippen molar-refractivity contribution in [3.63, 3.8) is 0 Å². The lowest BCUT2D eigenvalue weighted by atomic mass is 10.0. The van der Waals surface area contributed by atoms with Crippen molar-refractivity contribution in [2.75, 3.05) is 0 Å². The summed E-state index contributed by atoms with van der Waals surface area (Å²) >= 11 is 0. The Morgan fingerprint density at radius 1 is 1.21 bits per heavy atom. The van der Waals surface area contributed by atoms with Crippen LogP contribution in [0.2, 0.25) is 0 Å². The maximum atomic E-state index is 15.1. The van der Waals surface area contributed by atoms with Gasteiger partial charge in [-0.15, -0.1) is 0 Å². The van der Waals surface area contributed by atoms with Crippen LogP contribution in [0.3, 0.4) is 0 Å². The van der Waals surface area contributed by atoms with E-state index in [1.807, 2.05) is 0 Å². The second-order valence-electron chi connectivity index (χ2n) is 6.31. The molecular weight excluding hydrogens is 380 g/mol. The molecule has 8 nitrogen and oxygen atoms in total. The van der Waals surface area contributed by atoms with Crippen molar-refractivity contribution in [1.29, 1.82) is 0 Å². The molecule has 3 aromatic heterocycles. The second-order valence-corrected chi connectivity index (χ2v) is 6.31. The van der Waals surface area contributed by atoms with Crippen LogP contribution in [0.1, 0.15) is 10.4 Å². The van der Waals surface area contributed by atoms with Crippen molar-refractivity contribution in [1.82, 2.24) is 24.5 Å². The zero-order chi connectivity index (χ0) is 20.6. The summed E-state index contributed by atoms with van der Waals surface area (Å²) in [6.07, 6.45) is 4.71. The van der Waals surface area contributed by atoms with E-state index in [0.717, 1.165) is 6.07 Å². The highest BCUT2D eigenvalue weighted by atomic mass is 19.3. The third kappa shape index (κ3) is 3.24. The van der Waals surface area contributed by atoms with E-state index in [-0.39, 0.29) is 11.2 Å². The lowest BCUT2D eigenvalue weighted by Crippen LogP contribution is -2.40. The molecule has 0 saturated heterocycles. The Bertz CT molecular complexity index is 1290. The van der Waals surface area contributed by atoms with Crippen molar-refractivity contribution in [2.45, 2.75) is 5.92 Å². The number of nitrogens with two attached hydrogens (primary N) is 1. The van der Waals surface area contributed by atoms with E-state index in [4.69, 9.17) is 5.84 Å². The minimum absolute atomic E-state index is 0.204. The molecule has 0 spiro atoms. The van der Waals surface area contributed by atoms with Gasteiger partial charge in [-0.05, 0) is 30.3 Å². The van der Waals surface area contributed by atoms with Gasteiger partial charge in [-0.2, -0.15) is 28.8 Å². The fourth-order valence-electron chi connectivity index (χ4n) is 2.90. The van der Waals surface area contributed by atoms with E-state index in [2.05, 4.69) is 20.3 Å². The van der Waals surface area contributed by atoms with Crippen LogP contribution in [-0.4, -0.2) is 30.5 Å². The van der Waals surface area contributed by atoms with Gasteiger partial charge in [-0.1, -0.05) is 12.1 Å². The molecule has 0 aliphatic carbocycles. The predicted octanol–water partition coefficient (Wildman–Crippen LogP) is 2.04. The number of hydrogen-bond donors (Lipinski definition) is 1. The predicted molar refractivity (Wildman–Crippen MR) is 100 cm³/mol. The molecule has 10 heteroatoms. The van der Waals surface area contributed by atoms with Crippen LogP contribution in [0.15, 0.2) is 66.2 Å². The van der Waals surface area contributed by atoms with Gasteiger partial charge in [0.25, 0.3) is 0 Å². The quantitative estimate of drug-likeness (QED) is 0.422. The Morgan fingerprint density at radius 3 is 2.76 bits per heavy atom. The summed E-state index contributed by atoms with van der Waals surface area (Å²) in [4.78, 5) is 16.9. The lowest BCUT2D eigenvalue weighted by molar-refractivity contribution is -0.00391. The second kappa shape index (κ2) is 6.89. The van der Waals surface area contributed by atoms with Crippen LogP contribution < -0.4 is 11.3 Å². The molecule has 3 heterocycles. The van der Waals surface area contributed by atoms with E-state index in [0.29, 0.717) is 21.1 Å². The van der Waals surface area contributed by atoms with Gasteiger partial charge in [0.2, 0.25) is 0 Å². The molecule has 0 aliphatic heterocycles. The zero-order valence-electron chi connectivity index (χ0n) is 15.2. The number of pyridine rings is 1. The Kier molecular flexibility index (Phi) is 4.38. The number of alkyl halides is 2. The Hall–Kier alpha value is -3.95. The molecule has 0 bridgehead atoms. The lowest BCUT2D eigenvalue weighted by Gasteiger charge is -2.17. The monoisotopic (exact) mass is 395 g/mol. The maximum absolute atomic E-state index is 15.1. The highest BCUT2D eigenvalue weighted by Gasteiger charge is 2.43. The largest absolute Gasteiger partial charge is 0.352 e. The SMILES string of the molecule is Cn1cc(-c2ccc(=NN)n(C(=O)C(F)(F)c3ccc4ncccc4c3)n2)cn1. The van der Waals surface area contributed by atoms with Crippen LogP contribution >= 0.6 is 0 Å². The molecule has 0 unspecified atom stereocenters. The molecule has 1 aromatic carbocycles. The third-order valence-corrected chi connectivity index (χ3v) is 4.37. The number of rotatable bonds is 3. The zero-order valence-corrected chi connectivity index (χ0v) is 15.2. The van der Waals surface area contributed by atoms with Gasteiger partial charge in [0.05, 0.1) is 17.4 Å². The van der Waals surface area contributed by atoms with Gasteiger partial charge >= 0.3 is 11.8 Å². The fraction of sp³-hybridized carbons (Fsp3) is 0.105. The molecule has 0 amide bonds. The summed E-state index contributed by atoms with van der Waals surface area (Å²) in [6.45, 7) is 0. The molecule has 29 heavy (non-hydrogen) atoms. The minimum Gasteiger partial charge on any atom is -0.321 e. The number of benzene rings is 1. The normalized spacial score (nSPS) is 12.4. The molecule has 4 rings (SSSR count). The van der Waals surface area contributed by atoms with E-state index in [1.54, 1.807) is 31.6 Å². The van der Waals surface area contributed by atoms with E-state index < -0.39 is 17.4 Å². The van der Waals surface area contributed by atoms with Gasteiger partial charge in [-0.3, -0.25) is 14.5 Å². The van der Waals surface area contributed by atoms with Crippen molar-refractivity contribution in [3.05, 3.63) is 72.1 Å². The Morgan fingerprint density at radius 2 is 2.03 bits per heavy atom. The van der Waals surface area contributed by atoms with Crippen LogP contribution in [-0.2, 0) is 13.0 Å².